The number of aromatic nitrogens is 2. The average Bonchev–Trinajstić information content (AvgIpc) is 3.38. The number of nitrogens with zero attached hydrogens (tertiary/aromatic N) is 2. The highest BCUT2D eigenvalue weighted by Gasteiger charge is 2.29. The molecule has 0 radical (unpaired) electrons. The van der Waals surface area contributed by atoms with E-state index < -0.39 is 12.5 Å². The van der Waals surface area contributed by atoms with Gasteiger partial charge in [0.1, 0.15) is 28.5 Å². The van der Waals surface area contributed by atoms with Gasteiger partial charge in [0.25, 0.3) is 5.91 Å². The summed E-state index contributed by atoms with van der Waals surface area (Å²) in [6, 6.07) is 6.52. The van der Waals surface area contributed by atoms with Gasteiger partial charge in [0.15, 0.2) is 0 Å². The zero-order chi connectivity index (χ0) is 24.5. The van der Waals surface area contributed by atoms with Gasteiger partial charge >= 0.3 is 6.61 Å². The van der Waals surface area contributed by atoms with Gasteiger partial charge in [0.05, 0.1) is 25.6 Å². The fraction of sp³-hybridized carbons (Fsp3) is 0.375. The zero-order valence-electron chi connectivity index (χ0n) is 18.9. The Kier molecular flexibility index (Phi) is 6.14. The van der Waals surface area contributed by atoms with E-state index in [1.807, 2.05) is 0 Å². The third kappa shape index (κ3) is 4.98. The molecule has 1 atom stereocenters. The second-order valence-corrected chi connectivity index (χ2v) is 8.60. The van der Waals surface area contributed by atoms with Crippen LogP contribution in [-0.2, 0) is 4.79 Å². The highest BCUT2D eigenvalue weighted by Crippen LogP contribution is 2.37. The van der Waals surface area contributed by atoms with Gasteiger partial charge in [-0.2, -0.15) is 8.78 Å². The minimum Gasteiger partial charge on any atom is -0.496 e. The Balaban J connectivity index is 1.44. The molecule has 1 aliphatic heterocycles. The van der Waals surface area contributed by atoms with Gasteiger partial charge in [-0.05, 0) is 31.0 Å². The first-order chi connectivity index (χ1) is 16.9. The van der Waals surface area contributed by atoms with E-state index in [1.54, 1.807) is 35.0 Å². The van der Waals surface area contributed by atoms with Crippen molar-refractivity contribution in [3.63, 3.8) is 0 Å². The van der Waals surface area contributed by atoms with Gasteiger partial charge in [0.2, 0.25) is 5.91 Å². The molecule has 2 fully saturated rings. The number of carbonyl (C=O) groups is 2. The predicted molar refractivity (Wildman–Crippen MR) is 121 cm³/mol. The van der Waals surface area contributed by atoms with Crippen molar-refractivity contribution in [3.8, 4) is 28.5 Å². The van der Waals surface area contributed by atoms with E-state index in [1.165, 1.54) is 13.2 Å². The Morgan fingerprint density at radius 1 is 1.29 bits per heavy atom. The maximum absolute atomic E-state index is 13.2. The van der Waals surface area contributed by atoms with Crippen LogP contribution in [0.5, 0.6) is 17.2 Å². The van der Waals surface area contributed by atoms with Crippen molar-refractivity contribution >= 4 is 17.5 Å². The molecule has 1 aromatic carbocycles. The molecule has 1 unspecified atom stereocenters. The number of ether oxygens (including phenoxy) is 3. The van der Waals surface area contributed by atoms with E-state index in [4.69, 9.17) is 14.2 Å². The van der Waals surface area contributed by atoms with Gasteiger partial charge < -0.3 is 24.8 Å². The SMILES string of the molecule is COc1cc(-c2cnc3cc(OCC4CNC(=O)C4)ccn23)cc(OC(F)F)c1C(=O)NC1CC1. The smallest absolute Gasteiger partial charge is 0.387 e. The lowest BCUT2D eigenvalue weighted by atomic mass is 10.1. The number of pyridine rings is 1. The van der Waals surface area contributed by atoms with Crippen LogP contribution in [0.25, 0.3) is 16.9 Å². The fourth-order valence-electron chi connectivity index (χ4n) is 4.06. The molecule has 9 nitrogen and oxygen atoms in total. The maximum Gasteiger partial charge on any atom is 0.387 e. The number of halogens is 2. The van der Waals surface area contributed by atoms with Crippen molar-refractivity contribution in [3.05, 3.63) is 42.2 Å². The molecule has 2 N–H and O–H groups in total. The summed E-state index contributed by atoms with van der Waals surface area (Å²) in [5.41, 5.74) is 1.57. The summed E-state index contributed by atoms with van der Waals surface area (Å²) in [4.78, 5) is 28.5. The monoisotopic (exact) mass is 486 g/mol. The van der Waals surface area contributed by atoms with Crippen molar-refractivity contribution in [2.45, 2.75) is 31.9 Å². The number of carbonyl (C=O) groups excluding carboxylic acids is 2. The normalized spacial score (nSPS) is 17.5. The summed E-state index contributed by atoms with van der Waals surface area (Å²) in [5.74, 6) is 0.0538. The second-order valence-electron chi connectivity index (χ2n) is 8.60. The summed E-state index contributed by atoms with van der Waals surface area (Å²) < 4.78 is 44.1. The van der Waals surface area contributed by atoms with Crippen LogP contribution in [0.1, 0.15) is 29.6 Å². The highest BCUT2D eigenvalue weighted by atomic mass is 19.3. The molecule has 3 heterocycles. The van der Waals surface area contributed by atoms with Crippen LogP contribution >= 0.6 is 0 Å². The Bertz CT molecular complexity index is 1270. The third-order valence-corrected chi connectivity index (χ3v) is 5.97. The summed E-state index contributed by atoms with van der Waals surface area (Å²) in [5, 5.41) is 5.56. The van der Waals surface area contributed by atoms with Crippen LogP contribution in [-0.4, -0.2) is 54.1 Å². The Hall–Kier alpha value is -3.89. The number of hydrogen-bond acceptors (Lipinski definition) is 6. The Morgan fingerprint density at radius 2 is 2.09 bits per heavy atom. The molecule has 1 saturated heterocycles. The van der Waals surface area contributed by atoms with E-state index in [0.717, 1.165) is 12.8 Å². The number of alkyl halides is 2. The molecule has 1 aliphatic carbocycles. The maximum atomic E-state index is 13.2. The minimum absolute atomic E-state index is 0.0219. The predicted octanol–water partition coefficient (Wildman–Crippen LogP) is 3.02. The van der Waals surface area contributed by atoms with Crippen LogP contribution < -0.4 is 24.8 Å². The number of amides is 2. The molecular formula is C24H24F2N4O5. The van der Waals surface area contributed by atoms with Crippen LogP contribution in [0.15, 0.2) is 36.7 Å². The number of rotatable bonds is 9. The molecule has 184 valence electrons. The second kappa shape index (κ2) is 9.40. The van der Waals surface area contributed by atoms with Gasteiger partial charge in [-0.15, -0.1) is 0 Å². The number of methoxy groups -OCH3 is 1. The zero-order valence-corrected chi connectivity index (χ0v) is 18.9. The van der Waals surface area contributed by atoms with Crippen molar-refractivity contribution in [1.82, 2.24) is 20.0 Å². The lowest BCUT2D eigenvalue weighted by Crippen LogP contribution is -2.26. The topological polar surface area (TPSA) is 103 Å². The van der Waals surface area contributed by atoms with Crippen molar-refractivity contribution < 1.29 is 32.6 Å². The number of fused-ring (bicyclic) bond motifs is 1. The third-order valence-electron chi connectivity index (χ3n) is 5.97. The first kappa shape index (κ1) is 22.9. The molecule has 2 aliphatic rings. The summed E-state index contributed by atoms with van der Waals surface area (Å²) in [6.07, 6.45) is 5.47. The van der Waals surface area contributed by atoms with Gasteiger partial charge in [-0.25, -0.2) is 4.98 Å². The molecule has 2 amide bonds. The van der Waals surface area contributed by atoms with E-state index in [2.05, 4.69) is 15.6 Å². The fourth-order valence-corrected chi connectivity index (χ4v) is 4.06. The molecule has 1 saturated carbocycles. The van der Waals surface area contributed by atoms with E-state index >= 15 is 0 Å². The average molecular weight is 486 g/mol. The number of nitrogens with one attached hydrogen (secondary N) is 2. The largest absolute Gasteiger partial charge is 0.496 e. The summed E-state index contributed by atoms with van der Waals surface area (Å²) in [6.45, 7) is -2.12. The number of imidazole rings is 1. The highest BCUT2D eigenvalue weighted by molar-refractivity contribution is 6.01. The Morgan fingerprint density at radius 3 is 2.77 bits per heavy atom. The number of benzene rings is 1. The van der Waals surface area contributed by atoms with Crippen molar-refractivity contribution in [2.75, 3.05) is 20.3 Å². The first-order valence-electron chi connectivity index (χ1n) is 11.3. The molecule has 0 spiro atoms. The van der Waals surface area contributed by atoms with Gasteiger partial charge in [-0.1, -0.05) is 0 Å². The van der Waals surface area contributed by atoms with Crippen molar-refractivity contribution in [2.24, 2.45) is 5.92 Å². The van der Waals surface area contributed by atoms with Crippen LogP contribution in [0.2, 0.25) is 0 Å². The van der Waals surface area contributed by atoms with E-state index in [9.17, 15) is 18.4 Å². The van der Waals surface area contributed by atoms with Crippen LogP contribution in [0, 0.1) is 5.92 Å². The molecule has 5 rings (SSSR count). The summed E-state index contributed by atoms with van der Waals surface area (Å²) in [7, 11) is 1.37. The van der Waals surface area contributed by atoms with Crippen LogP contribution in [0.3, 0.4) is 0 Å². The minimum atomic E-state index is -3.12. The quantitative estimate of drug-likeness (QED) is 0.482. The van der Waals surface area contributed by atoms with Gasteiger partial charge in [0, 0.05) is 42.8 Å². The molecule has 3 aromatic rings. The molecule has 2 aromatic heterocycles. The van der Waals surface area contributed by atoms with E-state index in [0.29, 0.717) is 42.2 Å². The van der Waals surface area contributed by atoms with Crippen molar-refractivity contribution in [1.29, 1.82) is 0 Å². The van der Waals surface area contributed by atoms with Crippen LogP contribution in [0.4, 0.5) is 8.78 Å². The lowest BCUT2D eigenvalue weighted by Gasteiger charge is -2.16. The standard InChI is InChI=1S/C24H24F2N4O5/c1-33-18-7-14(8-19(35-24(25)26)22(18)23(32)29-15-2-3-15)17-11-27-20-9-16(4-5-30(17)20)34-12-13-6-21(31)28-10-13/h4-5,7-9,11,13,15,24H,2-3,6,10,12H2,1H3,(H,28,31)(H,29,32). The molecule has 11 heteroatoms. The first-order valence-corrected chi connectivity index (χ1v) is 11.3. The summed E-state index contributed by atoms with van der Waals surface area (Å²) >= 11 is 0. The van der Waals surface area contributed by atoms with Gasteiger partial charge in [-0.3, -0.25) is 14.0 Å². The number of hydrogen-bond donors (Lipinski definition) is 2. The lowest BCUT2D eigenvalue weighted by molar-refractivity contribution is -0.119. The van der Waals surface area contributed by atoms with E-state index in [-0.39, 0.29) is 34.9 Å². The molecular weight excluding hydrogens is 462 g/mol. The molecule has 0 bridgehead atoms. The Labute approximate surface area is 199 Å². The molecule has 35 heavy (non-hydrogen) atoms.